The van der Waals surface area contributed by atoms with Crippen LogP contribution in [0.2, 0.25) is 0 Å². The zero-order chi connectivity index (χ0) is 7.98. The second kappa shape index (κ2) is 5.54. The Balaban J connectivity index is 3.31. The number of carbonyl (C=O) groups is 1. The Hall–Kier alpha value is -0.240. The maximum atomic E-state index is 10.9. The molecule has 0 N–H and O–H groups in total. The fourth-order valence-corrected chi connectivity index (χ4v) is 1.30. The molecule has 0 heterocycles. The largest absolute Gasteiger partial charge is 0.294 e. The second-order valence-corrected chi connectivity index (χ2v) is 3.36. The Labute approximate surface area is 66.9 Å². The van der Waals surface area contributed by atoms with Crippen molar-refractivity contribution in [1.82, 2.24) is 0 Å². The lowest BCUT2D eigenvalue weighted by Crippen LogP contribution is -2.01. The molecule has 0 rings (SSSR count). The molecule has 0 aromatic heterocycles. The average Bonchev–Trinajstić information content (AvgIpc) is 1.88. The molecule has 0 spiro atoms. The van der Waals surface area contributed by atoms with Gasteiger partial charge in [-0.1, -0.05) is 13.5 Å². The van der Waals surface area contributed by atoms with Crippen molar-refractivity contribution in [2.75, 3.05) is 11.5 Å². The molecule has 10 heavy (non-hydrogen) atoms. The molecule has 2 heteroatoms. The number of hydrogen-bond donors (Lipinski definition) is 0. The summed E-state index contributed by atoms with van der Waals surface area (Å²) in [4.78, 5) is 10.9. The molecule has 0 aliphatic carbocycles. The van der Waals surface area contributed by atoms with Gasteiger partial charge in [0.25, 0.3) is 0 Å². The van der Waals surface area contributed by atoms with E-state index in [4.69, 9.17) is 0 Å². The first-order chi connectivity index (χ1) is 4.68. The van der Waals surface area contributed by atoms with Crippen molar-refractivity contribution in [1.29, 1.82) is 0 Å². The third kappa shape index (κ3) is 4.62. The predicted molar refractivity (Wildman–Crippen MR) is 47.4 cm³/mol. The number of carbonyl (C=O) groups excluding carboxylic acids is 1. The number of thioether (sulfide) groups is 1. The molecule has 1 nitrogen and oxygen atoms in total. The lowest BCUT2D eigenvalue weighted by atomic mass is 10.2. The molecular weight excluding hydrogens is 144 g/mol. The first-order valence-corrected chi connectivity index (χ1v) is 4.60. The van der Waals surface area contributed by atoms with E-state index in [9.17, 15) is 4.79 Å². The summed E-state index contributed by atoms with van der Waals surface area (Å²) in [6, 6.07) is 0. The second-order valence-electron chi connectivity index (χ2n) is 2.26. The van der Waals surface area contributed by atoms with Gasteiger partial charge in [0.05, 0.1) is 5.75 Å². The van der Waals surface area contributed by atoms with Crippen LogP contribution in [0.4, 0.5) is 0 Å². The molecule has 0 aliphatic rings. The SMILES string of the molecule is C=C(C)C(=O)CSCCC. The summed E-state index contributed by atoms with van der Waals surface area (Å²) in [6.45, 7) is 7.44. The number of Topliss-reactive ketones (excluding diaryl/α,β-unsaturated/α-hetero) is 1. The molecule has 0 aliphatic heterocycles. The van der Waals surface area contributed by atoms with E-state index in [-0.39, 0.29) is 5.78 Å². The van der Waals surface area contributed by atoms with Crippen molar-refractivity contribution in [3.63, 3.8) is 0 Å². The van der Waals surface area contributed by atoms with Gasteiger partial charge in [0.2, 0.25) is 0 Å². The minimum absolute atomic E-state index is 0.179. The Morgan fingerprint density at radius 2 is 2.20 bits per heavy atom. The molecule has 0 atom stereocenters. The van der Waals surface area contributed by atoms with Crippen LogP contribution in [0, 0.1) is 0 Å². The van der Waals surface area contributed by atoms with Gasteiger partial charge in [-0.05, 0) is 24.7 Å². The van der Waals surface area contributed by atoms with Crippen LogP contribution in [0.3, 0.4) is 0 Å². The number of rotatable bonds is 5. The maximum Gasteiger partial charge on any atom is 0.167 e. The minimum atomic E-state index is 0.179. The highest BCUT2D eigenvalue weighted by Crippen LogP contribution is 2.04. The summed E-state index contributed by atoms with van der Waals surface area (Å²) in [7, 11) is 0. The molecule has 0 bridgehead atoms. The summed E-state index contributed by atoms with van der Waals surface area (Å²) in [5, 5.41) is 0. The van der Waals surface area contributed by atoms with Crippen LogP contribution in [-0.4, -0.2) is 17.3 Å². The number of hydrogen-bond acceptors (Lipinski definition) is 2. The van der Waals surface area contributed by atoms with Crippen molar-refractivity contribution in [3.05, 3.63) is 12.2 Å². The van der Waals surface area contributed by atoms with Crippen molar-refractivity contribution >= 4 is 17.5 Å². The van der Waals surface area contributed by atoms with E-state index in [2.05, 4.69) is 13.5 Å². The summed E-state index contributed by atoms with van der Waals surface area (Å²) < 4.78 is 0. The Bertz CT molecular complexity index is 129. The van der Waals surface area contributed by atoms with Gasteiger partial charge >= 0.3 is 0 Å². The zero-order valence-electron chi connectivity index (χ0n) is 6.64. The summed E-state index contributed by atoms with van der Waals surface area (Å²) in [5.74, 6) is 1.85. The first kappa shape index (κ1) is 9.76. The highest BCUT2D eigenvalue weighted by Gasteiger charge is 2.00. The van der Waals surface area contributed by atoms with Crippen molar-refractivity contribution in [2.45, 2.75) is 20.3 Å². The Morgan fingerprint density at radius 1 is 1.60 bits per heavy atom. The maximum absolute atomic E-state index is 10.9. The van der Waals surface area contributed by atoms with E-state index >= 15 is 0 Å². The standard InChI is InChI=1S/C8H14OS/c1-4-5-10-6-8(9)7(2)3/h2,4-6H2,1,3H3. The van der Waals surface area contributed by atoms with E-state index in [1.807, 2.05) is 0 Å². The summed E-state index contributed by atoms with van der Waals surface area (Å²) in [6.07, 6.45) is 1.13. The molecule has 0 aromatic carbocycles. The van der Waals surface area contributed by atoms with Gasteiger partial charge in [0.1, 0.15) is 0 Å². The third-order valence-corrected chi connectivity index (χ3v) is 2.22. The molecule has 0 saturated heterocycles. The quantitative estimate of drug-likeness (QED) is 0.451. The third-order valence-electron chi connectivity index (χ3n) is 1.06. The number of ketones is 1. The van der Waals surface area contributed by atoms with Crippen LogP contribution in [-0.2, 0) is 4.79 Å². The van der Waals surface area contributed by atoms with Gasteiger partial charge < -0.3 is 0 Å². The van der Waals surface area contributed by atoms with Crippen LogP contribution in [0.15, 0.2) is 12.2 Å². The molecular formula is C8H14OS. The topological polar surface area (TPSA) is 17.1 Å². The van der Waals surface area contributed by atoms with Crippen LogP contribution in [0.5, 0.6) is 0 Å². The van der Waals surface area contributed by atoms with Gasteiger partial charge in [-0.3, -0.25) is 4.79 Å². The van der Waals surface area contributed by atoms with E-state index < -0.39 is 0 Å². The molecule has 0 amide bonds. The van der Waals surface area contributed by atoms with Gasteiger partial charge in [-0.15, -0.1) is 0 Å². The van der Waals surface area contributed by atoms with E-state index in [0.717, 1.165) is 12.2 Å². The molecule has 0 radical (unpaired) electrons. The van der Waals surface area contributed by atoms with Crippen LogP contribution in [0.25, 0.3) is 0 Å². The molecule has 0 saturated carbocycles. The smallest absolute Gasteiger partial charge is 0.167 e. The van der Waals surface area contributed by atoms with Crippen LogP contribution < -0.4 is 0 Å². The van der Waals surface area contributed by atoms with Gasteiger partial charge in [-0.2, -0.15) is 11.8 Å². The fraction of sp³-hybridized carbons (Fsp3) is 0.625. The zero-order valence-corrected chi connectivity index (χ0v) is 7.46. The molecule has 0 fully saturated rings. The monoisotopic (exact) mass is 158 g/mol. The number of allylic oxidation sites excluding steroid dienone is 1. The average molecular weight is 158 g/mol. The Morgan fingerprint density at radius 3 is 2.60 bits per heavy atom. The first-order valence-electron chi connectivity index (χ1n) is 3.45. The fourth-order valence-electron chi connectivity index (χ4n) is 0.432. The van der Waals surface area contributed by atoms with Crippen molar-refractivity contribution < 1.29 is 4.79 Å². The summed E-state index contributed by atoms with van der Waals surface area (Å²) in [5.41, 5.74) is 0.670. The van der Waals surface area contributed by atoms with Crippen LogP contribution >= 0.6 is 11.8 Å². The lowest BCUT2D eigenvalue weighted by Gasteiger charge is -1.96. The summed E-state index contributed by atoms with van der Waals surface area (Å²) >= 11 is 1.68. The van der Waals surface area contributed by atoms with Gasteiger partial charge in [-0.25, -0.2) is 0 Å². The highest BCUT2D eigenvalue weighted by atomic mass is 32.2. The van der Waals surface area contributed by atoms with Crippen molar-refractivity contribution in [2.24, 2.45) is 0 Å². The van der Waals surface area contributed by atoms with Gasteiger partial charge in [0, 0.05) is 0 Å². The lowest BCUT2D eigenvalue weighted by molar-refractivity contribution is -0.113. The molecule has 0 aromatic rings. The van der Waals surface area contributed by atoms with E-state index in [0.29, 0.717) is 11.3 Å². The van der Waals surface area contributed by atoms with Gasteiger partial charge in [0.15, 0.2) is 5.78 Å². The normalized spacial score (nSPS) is 9.40. The van der Waals surface area contributed by atoms with E-state index in [1.165, 1.54) is 0 Å². The minimum Gasteiger partial charge on any atom is -0.294 e. The highest BCUT2D eigenvalue weighted by molar-refractivity contribution is 7.99. The van der Waals surface area contributed by atoms with Crippen molar-refractivity contribution in [3.8, 4) is 0 Å². The predicted octanol–water partition coefficient (Wildman–Crippen LogP) is 2.27. The van der Waals surface area contributed by atoms with E-state index in [1.54, 1.807) is 18.7 Å². The molecule has 58 valence electrons. The Kier molecular flexibility index (Phi) is 5.40. The van der Waals surface area contributed by atoms with Crippen LogP contribution in [0.1, 0.15) is 20.3 Å². The molecule has 0 unspecified atom stereocenters.